The number of hydrogen-bond acceptors (Lipinski definition) is 10. The molecule has 0 unspecified atom stereocenters. The first-order valence-electron chi connectivity index (χ1n) is 12.5. The number of likely N-dealkylation sites (N-methyl/N-ethyl adjacent to an activating group) is 2. The summed E-state index contributed by atoms with van der Waals surface area (Å²) in [5.74, 6) is -1.23. The Hall–Kier alpha value is -4.23. The smallest absolute Gasteiger partial charge is 0.239 e. The maximum absolute atomic E-state index is 14.5. The molecule has 39 heavy (non-hydrogen) atoms. The van der Waals surface area contributed by atoms with Crippen molar-refractivity contribution in [3.05, 3.63) is 66.4 Å². The number of hydrazine groups is 2. The molecule has 0 saturated carbocycles. The van der Waals surface area contributed by atoms with E-state index in [1.165, 1.54) is 34.8 Å². The molecule has 11 nitrogen and oxygen atoms in total. The van der Waals surface area contributed by atoms with Gasteiger partial charge in [-0.15, -0.1) is 0 Å². The van der Waals surface area contributed by atoms with Crippen LogP contribution in [-0.2, 0) is 4.79 Å². The quantitative estimate of drug-likeness (QED) is 0.278. The van der Waals surface area contributed by atoms with E-state index >= 15 is 0 Å². The number of nitrogens with one attached hydrogen (secondary N) is 2. The lowest BCUT2D eigenvalue weighted by atomic mass is 10.2. The Morgan fingerprint density at radius 2 is 1.95 bits per heavy atom. The Morgan fingerprint density at radius 3 is 2.72 bits per heavy atom. The number of fused-ring (bicyclic) bond motifs is 1. The van der Waals surface area contributed by atoms with Crippen molar-refractivity contribution >= 4 is 28.3 Å². The fraction of sp³-hybridized carbons (Fsp3) is 0.346. The van der Waals surface area contributed by atoms with Crippen molar-refractivity contribution in [1.82, 2.24) is 30.2 Å². The number of carbonyl (C=O) groups is 1. The normalized spacial score (nSPS) is 13.3. The summed E-state index contributed by atoms with van der Waals surface area (Å²) in [6.07, 6.45) is 3.81. The minimum absolute atomic E-state index is 0.123. The molecule has 0 spiro atoms. The molecule has 208 valence electrons. The first kappa shape index (κ1) is 27.8. The number of aromatic nitrogens is 2. The number of nitrogens with zero attached hydrogens (tertiary/aromatic N) is 6. The minimum Gasteiger partial charge on any atom is -0.493 e. The molecular formula is C26H33F2N9O2. The maximum atomic E-state index is 14.5. The van der Waals surface area contributed by atoms with Crippen molar-refractivity contribution in [1.29, 1.82) is 0 Å². The van der Waals surface area contributed by atoms with Crippen molar-refractivity contribution in [2.45, 2.75) is 6.42 Å². The predicted octanol–water partition coefficient (Wildman–Crippen LogP) is 2.11. The van der Waals surface area contributed by atoms with E-state index in [2.05, 4.69) is 51.7 Å². The minimum atomic E-state index is -1.07. The van der Waals surface area contributed by atoms with Crippen molar-refractivity contribution in [3.63, 3.8) is 0 Å². The second-order valence-electron chi connectivity index (χ2n) is 9.44. The van der Waals surface area contributed by atoms with Gasteiger partial charge in [-0.05, 0) is 51.8 Å². The Kier molecular flexibility index (Phi) is 8.94. The Morgan fingerprint density at radius 1 is 1.13 bits per heavy atom. The molecule has 1 aliphatic heterocycles. The monoisotopic (exact) mass is 541 g/mol. The van der Waals surface area contributed by atoms with E-state index in [1.807, 2.05) is 18.2 Å². The molecule has 0 bridgehead atoms. The van der Waals surface area contributed by atoms with Crippen LogP contribution >= 0.6 is 0 Å². The second-order valence-corrected chi connectivity index (χ2v) is 9.44. The molecule has 1 aromatic heterocycles. The first-order chi connectivity index (χ1) is 18.7. The molecule has 0 aliphatic carbocycles. The van der Waals surface area contributed by atoms with E-state index in [0.29, 0.717) is 34.9 Å². The maximum Gasteiger partial charge on any atom is 0.239 e. The molecule has 1 aliphatic rings. The third-order valence-corrected chi connectivity index (χ3v) is 5.98. The van der Waals surface area contributed by atoms with Gasteiger partial charge in [0, 0.05) is 31.1 Å². The number of carbonyl (C=O) groups excluding carboxylic acids is 1. The van der Waals surface area contributed by atoms with E-state index in [-0.39, 0.29) is 12.2 Å². The number of rotatable bonds is 13. The van der Waals surface area contributed by atoms with Crippen molar-refractivity contribution in [2.24, 2.45) is 5.73 Å². The lowest BCUT2D eigenvalue weighted by Gasteiger charge is -2.29. The summed E-state index contributed by atoms with van der Waals surface area (Å²) in [7, 11) is 6.22. The fourth-order valence-corrected chi connectivity index (χ4v) is 3.97. The highest BCUT2D eigenvalue weighted by atomic mass is 19.2. The molecule has 1 amide bonds. The van der Waals surface area contributed by atoms with Gasteiger partial charge in [-0.2, -0.15) is 5.12 Å². The molecule has 0 saturated heterocycles. The molecule has 3 aromatic rings. The Bertz CT molecular complexity index is 1340. The largest absolute Gasteiger partial charge is 0.493 e. The zero-order valence-corrected chi connectivity index (χ0v) is 22.2. The van der Waals surface area contributed by atoms with Gasteiger partial charge >= 0.3 is 0 Å². The summed E-state index contributed by atoms with van der Waals surface area (Å²) in [4.78, 5) is 24.7. The fourth-order valence-electron chi connectivity index (χ4n) is 3.97. The third kappa shape index (κ3) is 7.21. The van der Waals surface area contributed by atoms with Crippen LogP contribution in [0.25, 0.3) is 10.9 Å². The van der Waals surface area contributed by atoms with Gasteiger partial charge in [0.15, 0.2) is 11.6 Å². The number of halogens is 2. The van der Waals surface area contributed by atoms with Crippen LogP contribution in [0.4, 0.5) is 20.3 Å². The third-order valence-electron chi connectivity index (χ3n) is 5.98. The highest BCUT2D eigenvalue weighted by molar-refractivity contribution is 5.90. The standard InChI is InChI=1S/C26H33F2N9O2/c1-34(2)11-12-35(3)10-5-13-39-18-8-9-19-21(14-18)30-17-31-26(19)32-24-16-36(15-23(29)38)37(33-24)22-7-4-6-20(27)25(22)28/h4,6-9,14,16-17,33H,5,10-13,15H2,1-3H3,(H2,29,38)(H,30,31,32). The first-order valence-corrected chi connectivity index (χ1v) is 12.5. The van der Waals surface area contributed by atoms with Crippen LogP contribution in [0.15, 0.2) is 54.7 Å². The van der Waals surface area contributed by atoms with Crippen molar-refractivity contribution in [3.8, 4) is 5.75 Å². The molecule has 4 N–H and O–H groups in total. The van der Waals surface area contributed by atoms with Crippen LogP contribution in [0, 0.1) is 11.6 Å². The molecule has 4 rings (SSSR count). The summed E-state index contributed by atoms with van der Waals surface area (Å²) >= 11 is 0. The Labute approximate surface area is 225 Å². The number of amides is 1. The Balaban J connectivity index is 1.43. The molecule has 0 atom stereocenters. The summed E-state index contributed by atoms with van der Waals surface area (Å²) in [6.45, 7) is 3.24. The summed E-state index contributed by atoms with van der Waals surface area (Å²) < 4.78 is 34.3. The van der Waals surface area contributed by atoms with Crippen LogP contribution in [-0.4, -0.2) is 84.6 Å². The summed E-state index contributed by atoms with van der Waals surface area (Å²) in [5.41, 5.74) is 8.82. The van der Waals surface area contributed by atoms with Crippen LogP contribution in [0.3, 0.4) is 0 Å². The average molecular weight is 542 g/mol. The summed E-state index contributed by atoms with van der Waals surface area (Å²) in [6, 6.07) is 9.27. The topological polar surface area (TPSA) is 115 Å². The van der Waals surface area contributed by atoms with E-state index < -0.39 is 17.5 Å². The van der Waals surface area contributed by atoms with Crippen molar-refractivity contribution in [2.75, 3.05) is 64.4 Å². The molecular weight excluding hydrogens is 508 g/mol. The number of anilines is 2. The molecule has 0 fully saturated rings. The molecule has 0 radical (unpaired) electrons. The van der Waals surface area contributed by atoms with E-state index in [0.717, 1.165) is 32.1 Å². The van der Waals surface area contributed by atoms with Gasteiger partial charge in [0.05, 0.1) is 18.3 Å². The number of ether oxygens (including phenoxy) is 1. The molecule has 2 heterocycles. The van der Waals surface area contributed by atoms with Gasteiger partial charge < -0.3 is 25.6 Å². The number of primary amides is 1. The van der Waals surface area contributed by atoms with Gasteiger partial charge in [-0.3, -0.25) is 15.2 Å². The zero-order chi connectivity index (χ0) is 27.9. The zero-order valence-electron chi connectivity index (χ0n) is 22.2. The number of benzene rings is 2. The molecule has 2 aromatic carbocycles. The van der Waals surface area contributed by atoms with E-state index in [4.69, 9.17) is 10.5 Å². The van der Waals surface area contributed by atoms with Gasteiger partial charge in [-0.25, -0.2) is 18.7 Å². The van der Waals surface area contributed by atoms with Crippen LogP contribution in [0.5, 0.6) is 5.75 Å². The lowest BCUT2D eigenvalue weighted by molar-refractivity contribution is -0.118. The van der Waals surface area contributed by atoms with E-state index in [9.17, 15) is 13.6 Å². The van der Waals surface area contributed by atoms with Crippen LogP contribution in [0.2, 0.25) is 0 Å². The van der Waals surface area contributed by atoms with Crippen molar-refractivity contribution < 1.29 is 18.3 Å². The lowest BCUT2D eigenvalue weighted by Crippen LogP contribution is -2.47. The highest BCUT2D eigenvalue weighted by Crippen LogP contribution is 2.28. The van der Waals surface area contributed by atoms with Gasteiger partial charge in [0.2, 0.25) is 5.91 Å². The number of hydrogen-bond donors (Lipinski definition) is 3. The second kappa shape index (κ2) is 12.5. The summed E-state index contributed by atoms with van der Waals surface area (Å²) in [5, 5.41) is 6.36. The number of nitrogens with two attached hydrogens (primary N) is 1. The van der Waals surface area contributed by atoms with Gasteiger partial charge in [-0.1, -0.05) is 6.07 Å². The van der Waals surface area contributed by atoms with Crippen LogP contribution in [0.1, 0.15) is 6.42 Å². The SMILES string of the molecule is CN(C)CCN(C)CCCOc1ccc2c(NC3=CN(CC(N)=O)N(c4cccc(F)c4F)N3)ncnc2c1. The average Bonchev–Trinajstić information content (AvgIpc) is 3.28. The van der Waals surface area contributed by atoms with Gasteiger partial charge in [0.1, 0.15) is 35.9 Å². The highest BCUT2D eigenvalue weighted by Gasteiger charge is 2.27. The van der Waals surface area contributed by atoms with E-state index in [1.54, 1.807) is 0 Å². The van der Waals surface area contributed by atoms with Gasteiger partial charge in [0.25, 0.3) is 0 Å². The molecule has 13 heteroatoms. The van der Waals surface area contributed by atoms with Crippen LogP contribution < -0.4 is 26.3 Å². The predicted molar refractivity (Wildman–Crippen MR) is 145 cm³/mol.